The largest absolute Gasteiger partial charge is 0.386 e. The van der Waals surface area contributed by atoms with E-state index in [4.69, 9.17) is 0 Å². The number of aliphatic hydroxyl groups is 1. The molecule has 1 aromatic rings. The zero-order valence-corrected chi connectivity index (χ0v) is 14.6. The topological polar surface area (TPSA) is 39.6 Å². The Balaban J connectivity index is 2.21. The van der Waals surface area contributed by atoms with E-state index < -0.39 is 5.60 Å². The molecule has 1 aliphatic heterocycles. The van der Waals surface area contributed by atoms with Crippen LogP contribution >= 0.6 is 0 Å². The number of nitrogens with zero attached hydrogens (tertiary/aromatic N) is 3. The number of β-amino-alcohol motifs (C(OH)–C–C–N with tert-alkyl or cyclic N) is 1. The average Bonchev–Trinajstić information content (AvgIpc) is 2.47. The SMILES string of the molecule is C=C(C)c1ccc(N2CCC[C@@](O)(C(C)(C)N(C)C)C2)cn1. The summed E-state index contributed by atoms with van der Waals surface area (Å²) < 4.78 is 0. The lowest BCUT2D eigenvalue weighted by molar-refractivity contribution is -0.0882. The van der Waals surface area contributed by atoms with E-state index in [-0.39, 0.29) is 5.54 Å². The van der Waals surface area contributed by atoms with Crippen LogP contribution < -0.4 is 4.90 Å². The third-order valence-electron chi connectivity index (χ3n) is 5.28. The molecule has 0 radical (unpaired) electrons. The number of rotatable bonds is 4. The van der Waals surface area contributed by atoms with Gasteiger partial charge in [-0.2, -0.15) is 0 Å². The van der Waals surface area contributed by atoms with Crippen LogP contribution in [0.1, 0.15) is 39.3 Å². The van der Waals surface area contributed by atoms with Crippen LogP contribution in [0.2, 0.25) is 0 Å². The summed E-state index contributed by atoms with van der Waals surface area (Å²) in [7, 11) is 4.06. The van der Waals surface area contributed by atoms with E-state index in [1.807, 2.05) is 33.3 Å². The summed E-state index contributed by atoms with van der Waals surface area (Å²) in [4.78, 5) is 8.82. The van der Waals surface area contributed by atoms with Gasteiger partial charge in [0.2, 0.25) is 0 Å². The lowest BCUT2D eigenvalue weighted by Gasteiger charge is -2.52. The van der Waals surface area contributed by atoms with Crippen molar-refractivity contribution < 1.29 is 5.11 Å². The van der Waals surface area contributed by atoms with Crippen LogP contribution in [0.4, 0.5) is 5.69 Å². The van der Waals surface area contributed by atoms with Crippen LogP contribution in [-0.2, 0) is 0 Å². The van der Waals surface area contributed by atoms with E-state index in [1.165, 1.54) is 0 Å². The highest BCUT2D eigenvalue weighted by atomic mass is 16.3. The van der Waals surface area contributed by atoms with Crippen molar-refractivity contribution in [3.05, 3.63) is 30.6 Å². The van der Waals surface area contributed by atoms with E-state index in [9.17, 15) is 5.11 Å². The molecule has 4 nitrogen and oxygen atoms in total. The minimum absolute atomic E-state index is 0.281. The predicted molar refractivity (Wildman–Crippen MR) is 93.1 cm³/mol. The molecule has 4 heteroatoms. The van der Waals surface area contributed by atoms with Crippen molar-refractivity contribution in [1.82, 2.24) is 9.88 Å². The quantitative estimate of drug-likeness (QED) is 0.928. The fourth-order valence-electron chi connectivity index (χ4n) is 3.00. The highest BCUT2D eigenvalue weighted by Crippen LogP contribution is 2.36. The second-order valence-corrected chi connectivity index (χ2v) is 7.19. The van der Waals surface area contributed by atoms with Gasteiger partial charge >= 0.3 is 0 Å². The van der Waals surface area contributed by atoms with Crippen molar-refractivity contribution in [2.75, 3.05) is 32.1 Å². The van der Waals surface area contributed by atoms with Gasteiger partial charge in [-0.3, -0.25) is 4.98 Å². The molecule has 0 aromatic carbocycles. The van der Waals surface area contributed by atoms with Crippen molar-refractivity contribution in [3.8, 4) is 0 Å². The van der Waals surface area contributed by atoms with Gasteiger partial charge in [-0.1, -0.05) is 6.58 Å². The third-order valence-corrected chi connectivity index (χ3v) is 5.28. The first-order valence-corrected chi connectivity index (χ1v) is 7.94. The van der Waals surface area contributed by atoms with Gasteiger partial charge in [-0.25, -0.2) is 0 Å². The molecule has 1 aliphatic rings. The summed E-state index contributed by atoms with van der Waals surface area (Å²) in [6.07, 6.45) is 3.69. The summed E-state index contributed by atoms with van der Waals surface area (Å²) in [5.74, 6) is 0. The van der Waals surface area contributed by atoms with Crippen molar-refractivity contribution in [1.29, 1.82) is 0 Å². The first kappa shape index (κ1) is 17.0. The molecule has 0 saturated carbocycles. The van der Waals surface area contributed by atoms with Gasteiger partial charge in [-0.15, -0.1) is 0 Å². The standard InChI is InChI=1S/C18H29N3O/c1-14(2)16-9-8-15(12-19-16)21-11-7-10-18(22,13-21)17(3,4)20(5)6/h8-9,12,22H,1,7,10-11,13H2,2-6H3/t18-/m0/s1. The number of hydrogen-bond donors (Lipinski definition) is 1. The Labute approximate surface area is 134 Å². The zero-order valence-electron chi connectivity index (χ0n) is 14.6. The first-order chi connectivity index (χ1) is 10.2. The molecular formula is C18H29N3O. The van der Waals surface area contributed by atoms with Crippen molar-refractivity contribution in [2.45, 2.75) is 44.8 Å². The number of likely N-dealkylation sites (N-methyl/N-ethyl adjacent to an activating group) is 1. The Kier molecular flexibility index (Phi) is 4.64. The number of allylic oxidation sites excluding steroid dienone is 1. The minimum Gasteiger partial charge on any atom is -0.386 e. The van der Waals surface area contributed by atoms with Gasteiger partial charge in [0.15, 0.2) is 0 Å². The number of aromatic nitrogens is 1. The lowest BCUT2D eigenvalue weighted by atomic mass is 9.76. The van der Waals surface area contributed by atoms with Gasteiger partial charge in [0.25, 0.3) is 0 Å². The number of hydrogen-bond acceptors (Lipinski definition) is 4. The van der Waals surface area contributed by atoms with Crippen LogP contribution in [0.25, 0.3) is 5.57 Å². The second-order valence-electron chi connectivity index (χ2n) is 7.19. The normalized spacial score (nSPS) is 23.0. The Morgan fingerprint density at radius 2 is 2.09 bits per heavy atom. The summed E-state index contributed by atoms with van der Waals surface area (Å²) in [6, 6.07) is 4.08. The molecule has 22 heavy (non-hydrogen) atoms. The highest BCUT2D eigenvalue weighted by Gasteiger charge is 2.47. The molecule has 1 aromatic heterocycles. The molecule has 0 aliphatic carbocycles. The minimum atomic E-state index is -0.734. The Morgan fingerprint density at radius 3 is 2.59 bits per heavy atom. The number of piperidine rings is 1. The van der Waals surface area contributed by atoms with Gasteiger partial charge in [-0.05, 0) is 65.4 Å². The third kappa shape index (κ3) is 3.03. The summed E-state index contributed by atoms with van der Waals surface area (Å²) in [6.45, 7) is 11.7. The van der Waals surface area contributed by atoms with Crippen molar-refractivity contribution in [2.24, 2.45) is 0 Å². The van der Waals surface area contributed by atoms with Crippen LogP contribution in [0.15, 0.2) is 24.9 Å². The van der Waals surface area contributed by atoms with E-state index in [0.717, 1.165) is 36.3 Å². The van der Waals surface area contributed by atoms with E-state index in [0.29, 0.717) is 6.54 Å². The molecule has 2 rings (SSSR count). The molecule has 1 saturated heterocycles. The predicted octanol–water partition coefficient (Wildman–Crippen LogP) is 2.79. The fraction of sp³-hybridized carbons (Fsp3) is 0.611. The average molecular weight is 303 g/mol. The molecule has 0 bridgehead atoms. The Morgan fingerprint density at radius 1 is 1.41 bits per heavy atom. The fourth-order valence-corrected chi connectivity index (χ4v) is 3.00. The summed E-state index contributed by atoms with van der Waals surface area (Å²) >= 11 is 0. The monoisotopic (exact) mass is 303 g/mol. The van der Waals surface area contributed by atoms with Gasteiger partial charge < -0.3 is 14.9 Å². The molecule has 122 valence electrons. The summed E-state index contributed by atoms with van der Waals surface area (Å²) in [5, 5.41) is 11.2. The molecule has 2 heterocycles. The maximum atomic E-state index is 11.2. The van der Waals surface area contributed by atoms with Crippen LogP contribution in [0.3, 0.4) is 0 Å². The van der Waals surface area contributed by atoms with Crippen molar-refractivity contribution in [3.63, 3.8) is 0 Å². The first-order valence-electron chi connectivity index (χ1n) is 7.94. The molecule has 1 fully saturated rings. The molecule has 0 unspecified atom stereocenters. The molecule has 1 atom stereocenters. The lowest BCUT2D eigenvalue weighted by Crippen LogP contribution is -2.65. The number of pyridine rings is 1. The highest BCUT2D eigenvalue weighted by molar-refractivity contribution is 5.59. The van der Waals surface area contributed by atoms with Gasteiger partial charge in [0, 0.05) is 18.6 Å². The Hall–Kier alpha value is -1.39. The molecule has 0 spiro atoms. The van der Waals surface area contributed by atoms with E-state index in [1.54, 1.807) is 0 Å². The molecule has 0 amide bonds. The zero-order chi connectivity index (χ0) is 16.5. The van der Waals surface area contributed by atoms with Gasteiger partial charge in [0.05, 0.1) is 23.2 Å². The van der Waals surface area contributed by atoms with Crippen molar-refractivity contribution >= 4 is 11.3 Å². The van der Waals surface area contributed by atoms with E-state index >= 15 is 0 Å². The Bertz CT molecular complexity index is 536. The number of anilines is 1. The smallest absolute Gasteiger partial charge is 0.0999 e. The van der Waals surface area contributed by atoms with E-state index in [2.05, 4.69) is 41.3 Å². The maximum absolute atomic E-state index is 11.2. The van der Waals surface area contributed by atoms with Crippen LogP contribution in [0.5, 0.6) is 0 Å². The van der Waals surface area contributed by atoms with Gasteiger partial charge in [0.1, 0.15) is 0 Å². The second kappa shape index (κ2) is 6.01. The van der Waals surface area contributed by atoms with Crippen LogP contribution in [0, 0.1) is 0 Å². The molecule has 1 N–H and O–H groups in total. The summed E-state index contributed by atoms with van der Waals surface area (Å²) in [5.41, 5.74) is 1.94. The molecular weight excluding hydrogens is 274 g/mol. The van der Waals surface area contributed by atoms with Crippen LogP contribution in [-0.4, -0.2) is 53.3 Å². The maximum Gasteiger partial charge on any atom is 0.0999 e.